The van der Waals surface area contributed by atoms with Crippen LogP contribution >= 0.6 is 0 Å². The van der Waals surface area contributed by atoms with E-state index in [4.69, 9.17) is 0 Å². The van der Waals surface area contributed by atoms with Crippen molar-refractivity contribution in [1.29, 1.82) is 0 Å². The molecule has 1 heteroatoms. The molecule has 3 atom stereocenters. The van der Waals surface area contributed by atoms with Crippen LogP contribution in [0.15, 0.2) is 0 Å². The van der Waals surface area contributed by atoms with Gasteiger partial charge in [-0.05, 0) is 30.1 Å². The summed E-state index contributed by atoms with van der Waals surface area (Å²) in [5.74, 6) is 2.35. The largest absolute Gasteiger partial charge is 0.299 e. The lowest BCUT2D eigenvalue weighted by Crippen LogP contribution is -2.46. The number of Topliss-reactive ketones (excluding diaryl/α,β-unsaturated/α-hetero) is 1. The minimum Gasteiger partial charge on any atom is -0.299 e. The van der Waals surface area contributed by atoms with Gasteiger partial charge in [0.05, 0.1) is 0 Å². The summed E-state index contributed by atoms with van der Waals surface area (Å²) in [5.41, 5.74) is 0.450. The lowest BCUT2D eigenvalue weighted by atomic mass is 9.52. The second-order valence-corrected chi connectivity index (χ2v) is 5.15. The van der Waals surface area contributed by atoms with E-state index in [1.807, 2.05) is 0 Å². The van der Waals surface area contributed by atoms with Crippen molar-refractivity contribution in [2.24, 2.45) is 23.2 Å². The summed E-state index contributed by atoms with van der Waals surface area (Å²) in [7, 11) is 0. The van der Waals surface area contributed by atoms with Crippen LogP contribution < -0.4 is 0 Å². The van der Waals surface area contributed by atoms with Gasteiger partial charge in [0.2, 0.25) is 0 Å². The summed E-state index contributed by atoms with van der Waals surface area (Å²) >= 11 is 0. The third kappa shape index (κ3) is 0.884. The van der Waals surface area contributed by atoms with Gasteiger partial charge in [0, 0.05) is 12.3 Å². The molecule has 3 saturated carbocycles. The van der Waals surface area contributed by atoms with Crippen molar-refractivity contribution in [3.05, 3.63) is 0 Å². The van der Waals surface area contributed by atoms with Crippen LogP contribution in [-0.2, 0) is 4.79 Å². The van der Waals surface area contributed by atoms with Gasteiger partial charge in [0.1, 0.15) is 5.78 Å². The molecule has 0 amide bonds. The Morgan fingerprint density at radius 3 is 2.67 bits per heavy atom. The Morgan fingerprint density at radius 2 is 2.08 bits per heavy atom. The number of fused-ring (bicyclic) bond motifs is 3. The third-order valence-electron chi connectivity index (χ3n) is 4.40. The molecule has 0 aromatic heterocycles. The van der Waals surface area contributed by atoms with Crippen LogP contribution in [0.25, 0.3) is 0 Å². The van der Waals surface area contributed by atoms with Gasteiger partial charge in [-0.1, -0.05) is 20.8 Å². The fraction of sp³-hybridized carbons (Fsp3) is 0.909. The predicted molar refractivity (Wildman–Crippen MR) is 48.8 cm³/mol. The van der Waals surface area contributed by atoms with Crippen molar-refractivity contribution in [2.45, 2.75) is 40.0 Å². The lowest BCUT2D eigenvalue weighted by Gasteiger charge is -2.52. The van der Waals surface area contributed by atoms with Crippen molar-refractivity contribution >= 4 is 5.78 Å². The number of carbonyl (C=O) groups is 1. The third-order valence-corrected chi connectivity index (χ3v) is 4.40. The van der Waals surface area contributed by atoms with Crippen LogP contribution in [0, 0.1) is 23.2 Å². The molecular weight excluding hydrogens is 148 g/mol. The number of carbonyl (C=O) groups excluding carboxylic acids is 1. The standard InChI is InChI=1S/C11H18O/c1-7-9-6-8(11(9,2)3)4-5-10(7)12/h7-9H,4-6H2,1-3H3. The lowest BCUT2D eigenvalue weighted by molar-refractivity contribution is -0.126. The first kappa shape index (κ1) is 8.28. The molecule has 0 N–H and O–H groups in total. The van der Waals surface area contributed by atoms with Gasteiger partial charge < -0.3 is 0 Å². The molecule has 0 heterocycles. The summed E-state index contributed by atoms with van der Waals surface area (Å²) in [5, 5.41) is 0. The highest BCUT2D eigenvalue weighted by molar-refractivity contribution is 5.81. The van der Waals surface area contributed by atoms with Crippen molar-refractivity contribution < 1.29 is 4.79 Å². The average Bonchev–Trinajstić information content (AvgIpc) is 2.18. The Hall–Kier alpha value is -0.330. The van der Waals surface area contributed by atoms with Crippen molar-refractivity contribution in [1.82, 2.24) is 0 Å². The van der Waals surface area contributed by atoms with Gasteiger partial charge in [-0.3, -0.25) is 4.79 Å². The summed E-state index contributed by atoms with van der Waals surface area (Å²) in [6.07, 6.45) is 3.29. The zero-order valence-electron chi connectivity index (χ0n) is 8.26. The van der Waals surface area contributed by atoms with Gasteiger partial charge in [-0.25, -0.2) is 0 Å². The van der Waals surface area contributed by atoms with Gasteiger partial charge in [-0.15, -0.1) is 0 Å². The van der Waals surface area contributed by atoms with Crippen molar-refractivity contribution in [3.8, 4) is 0 Å². The molecular formula is C11H18O. The first-order valence-electron chi connectivity index (χ1n) is 5.06. The Balaban J connectivity index is 2.24. The van der Waals surface area contributed by atoms with Crippen LogP contribution in [0.4, 0.5) is 0 Å². The summed E-state index contributed by atoms with van der Waals surface area (Å²) in [6.45, 7) is 6.79. The molecule has 0 aromatic carbocycles. The maximum absolute atomic E-state index is 11.5. The monoisotopic (exact) mass is 166 g/mol. The van der Waals surface area contributed by atoms with E-state index >= 15 is 0 Å². The molecule has 3 unspecified atom stereocenters. The van der Waals surface area contributed by atoms with E-state index in [9.17, 15) is 4.79 Å². The molecule has 0 aliphatic heterocycles. The molecule has 3 aliphatic carbocycles. The number of ketones is 1. The maximum Gasteiger partial charge on any atom is 0.136 e. The predicted octanol–water partition coefficient (Wildman–Crippen LogP) is 2.65. The quantitative estimate of drug-likeness (QED) is 0.540. The van der Waals surface area contributed by atoms with Crippen molar-refractivity contribution in [2.75, 3.05) is 0 Å². The molecule has 0 aromatic rings. The molecule has 68 valence electrons. The molecule has 0 saturated heterocycles. The minimum absolute atomic E-state index is 0.332. The van der Waals surface area contributed by atoms with Gasteiger partial charge >= 0.3 is 0 Å². The first-order chi connectivity index (χ1) is 5.53. The molecule has 3 aliphatic rings. The second kappa shape index (κ2) is 2.34. The first-order valence-corrected chi connectivity index (χ1v) is 5.06. The summed E-state index contributed by atoms with van der Waals surface area (Å²) < 4.78 is 0. The van der Waals surface area contributed by atoms with E-state index in [2.05, 4.69) is 20.8 Å². The molecule has 3 rings (SSSR count). The fourth-order valence-electron chi connectivity index (χ4n) is 3.16. The number of hydrogen-bond acceptors (Lipinski definition) is 1. The topological polar surface area (TPSA) is 17.1 Å². The zero-order chi connectivity index (χ0) is 8.93. The van der Waals surface area contributed by atoms with Crippen molar-refractivity contribution in [3.63, 3.8) is 0 Å². The maximum atomic E-state index is 11.5. The van der Waals surface area contributed by atoms with Gasteiger partial charge in [0.15, 0.2) is 0 Å². The summed E-state index contributed by atoms with van der Waals surface area (Å²) in [4.78, 5) is 11.5. The van der Waals surface area contributed by atoms with E-state index in [1.54, 1.807) is 0 Å². The molecule has 12 heavy (non-hydrogen) atoms. The fourth-order valence-corrected chi connectivity index (χ4v) is 3.16. The number of rotatable bonds is 0. The summed E-state index contributed by atoms with van der Waals surface area (Å²) in [6, 6.07) is 0. The van der Waals surface area contributed by atoms with Crippen LogP contribution in [-0.4, -0.2) is 5.78 Å². The Labute approximate surface area is 74.5 Å². The zero-order valence-corrected chi connectivity index (χ0v) is 8.26. The van der Waals surface area contributed by atoms with Gasteiger partial charge in [0.25, 0.3) is 0 Å². The Morgan fingerprint density at radius 1 is 1.42 bits per heavy atom. The Kier molecular flexibility index (Phi) is 1.61. The average molecular weight is 166 g/mol. The Bertz CT molecular complexity index is 217. The number of hydrogen-bond donors (Lipinski definition) is 0. The highest BCUT2D eigenvalue weighted by Gasteiger charge is 2.53. The smallest absolute Gasteiger partial charge is 0.136 e. The van der Waals surface area contributed by atoms with Crippen LogP contribution in [0.1, 0.15) is 40.0 Å². The van der Waals surface area contributed by atoms with E-state index in [-0.39, 0.29) is 0 Å². The van der Waals surface area contributed by atoms with E-state index in [0.717, 1.165) is 18.8 Å². The SMILES string of the molecule is CC1C(=O)CCC2CC1C2(C)C. The molecule has 1 nitrogen and oxygen atoms in total. The normalized spacial score (nSPS) is 44.9. The van der Waals surface area contributed by atoms with Crippen LogP contribution in [0.3, 0.4) is 0 Å². The van der Waals surface area contributed by atoms with Crippen LogP contribution in [0.5, 0.6) is 0 Å². The molecule has 2 bridgehead atoms. The highest BCUT2D eigenvalue weighted by Crippen LogP contribution is 2.58. The van der Waals surface area contributed by atoms with E-state index in [1.165, 1.54) is 6.42 Å². The second-order valence-electron chi connectivity index (χ2n) is 5.15. The van der Waals surface area contributed by atoms with E-state index in [0.29, 0.717) is 23.0 Å². The van der Waals surface area contributed by atoms with Gasteiger partial charge in [-0.2, -0.15) is 0 Å². The van der Waals surface area contributed by atoms with E-state index < -0.39 is 0 Å². The molecule has 0 radical (unpaired) electrons. The van der Waals surface area contributed by atoms with Crippen LogP contribution in [0.2, 0.25) is 0 Å². The molecule has 0 spiro atoms. The minimum atomic E-state index is 0.332. The molecule has 3 fully saturated rings. The highest BCUT2D eigenvalue weighted by atomic mass is 16.1.